The Balaban J connectivity index is 1.69. The Morgan fingerprint density at radius 2 is 1.70 bits per heavy atom. The van der Waals surface area contributed by atoms with Gasteiger partial charge in [0.05, 0.1) is 29.2 Å². The lowest BCUT2D eigenvalue weighted by molar-refractivity contribution is -0.146. The largest absolute Gasteiger partial charge is 0.394 e. The summed E-state index contributed by atoms with van der Waals surface area (Å²) < 4.78 is -1.30. The molecule has 234 valence electrons. The van der Waals surface area contributed by atoms with E-state index in [0.29, 0.717) is 19.5 Å². The Bertz CT molecular complexity index is 1430. The number of aliphatic hydroxyl groups excluding tert-OH is 1. The lowest BCUT2D eigenvalue weighted by atomic mass is 9.66. The number of aryl methyl sites for hydroxylation is 2. The topological polar surface area (TPSA) is 81.2 Å². The van der Waals surface area contributed by atoms with E-state index in [1.807, 2.05) is 74.2 Å². The molecule has 2 aromatic rings. The summed E-state index contributed by atoms with van der Waals surface area (Å²) >= 11 is 1.66. The van der Waals surface area contributed by atoms with Crippen molar-refractivity contribution in [3.8, 4) is 0 Å². The van der Waals surface area contributed by atoms with Crippen LogP contribution in [0.15, 0.2) is 73.8 Å². The van der Waals surface area contributed by atoms with Gasteiger partial charge in [-0.25, -0.2) is 0 Å². The number of hydrogen-bond donors (Lipinski definition) is 1. The molecule has 0 aliphatic carbocycles. The second-order valence-corrected chi connectivity index (χ2v) is 14.5. The van der Waals surface area contributed by atoms with E-state index >= 15 is 4.79 Å². The average Bonchev–Trinajstić information content (AvgIpc) is 3.57. The van der Waals surface area contributed by atoms with Crippen molar-refractivity contribution in [2.24, 2.45) is 11.8 Å². The molecular formula is C36H45N3O4S. The van der Waals surface area contributed by atoms with Gasteiger partial charge in [-0.2, -0.15) is 0 Å². The van der Waals surface area contributed by atoms with Crippen molar-refractivity contribution in [2.75, 3.05) is 31.1 Å². The molecule has 1 spiro atoms. The third-order valence-electron chi connectivity index (χ3n) is 9.85. The number of carbonyl (C=O) groups excluding carboxylic acids is 3. The number of anilines is 1. The molecule has 3 fully saturated rings. The van der Waals surface area contributed by atoms with Crippen molar-refractivity contribution in [1.82, 2.24) is 9.80 Å². The number of benzene rings is 2. The van der Waals surface area contributed by atoms with E-state index in [1.165, 1.54) is 0 Å². The first kappa shape index (κ1) is 32.0. The molecule has 7 nitrogen and oxygen atoms in total. The standard InChI is InChI=1S/C36H45N3O4S/c1-7-20-37(21-8-2)32(41)28-29-33(42)39(27(23-40)26-16-11-10-12-17-26)31(36(29)19-18-35(28,6)44-36)34(43)38(22-9-3)30-24(4)14-13-15-25(30)5/h7,9-17,27-29,31,40H,1,3,8,18-23H2,2,4-6H3/t27-,28+,29+,31?,35-,36?/m1/s1. The molecule has 3 saturated heterocycles. The number of fused-ring (bicyclic) bond motifs is 1. The lowest BCUT2D eigenvalue weighted by Crippen LogP contribution is -2.56. The van der Waals surface area contributed by atoms with Crippen LogP contribution in [-0.2, 0) is 14.4 Å². The van der Waals surface area contributed by atoms with Crippen LogP contribution in [0.1, 0.15) is 55.8 Å². The minimum Gasteiger partial charge on any atom is -0.394 e. The minimum absolute atomic E-state index is 0.0484. The van der Waals surface area contributed by atoms with E-state index in [2.05, 4.69) is 20.1 Å². The van der Waals surface area contributed by atoms with E-state index in [1.54, 1.807) is 33.7 Å². The molecule has 6 atom stereocenters. The Morgan fingerprint density at radius 1 is 1.05 bits per heavy atom. The molecule has 3 amide bonds. The molecule has 3 aliphatic heterocycles. The van der Waals surface area contributed by atoms with Gasteiger partial charge in [0.15, 0.2) is 0 Å². The maximum absolute atomic E-state index is 15.2. The molecule has 3 heterocycles. The smallest absolute Gasteiger partial charge is 0.251 e. The van der Waals surface area contributed by atoms with Crippen LogP contribution < -0.4 is 4.90 Å². The molecule has 2 unspecified atom stereocenters. The molecule has 0 saturated carbocycles. The highest BCUT2D eigenvalue weighted by Crippen LogP contribution is 2.72. The third-order valence-corrected chi connectivity index (χ3v) is 11.8. The first-order valence-corrected chi connectivity index (χ1v) is 16.5. The number of para-hydroxylation sites is 1. The number of likely N-dealkylation sites (tertiary alicyclic amines) is 1. The summed E-state index contributed by atoms with van der Waals surface area (Å²) in [4.78, 5) is 49.7. The van der Waals surface area contributed by atoms with Gasteiger partial charge in [0, 0.05) is 30.1 Å². The zero-order chi connectivity index (χ0) is 31.8. The van der Waals surface area contributed by atoms with Gasteiger partial charge in [-0.15, -0.1) is 24.9 Å². The van der Waals surface area contributed by atoms with Crippen molar-refractivity contribution in [1.29, 1.82) is 0 Å². The summed E-state index contributed by atoms with van der Waals surface area (Å²) in [7, 11) is 0. The highest BCUT2D eigenvalue weighted by atomic mass is 32.2. The maximum atomic E-state index is 15.2. The fourth-order valence-electron chi connectivity index (χ4n) is 8.10. The summed E-state index contributed by atoms with van der Waals surface area (Å²) in [5.74, 6) is -1.74. The predicted molar refractivity (Wildman–Crippen MR) is 177 cm³/mol. The van der Waals surface area contributed by atoms with Crippen LogP contribution in [0.25, 0.3) is 0 Å². The van der Waals surface area contributed by atoms with E-state index < -0.39 is 33.4 Å². The number of aliphatic hydroxyl groups is 1. The fourth-order valence-corrected chi connectivity index (χ4v) is 10.4. The molecule has 0 radical (unpaired) electrons. The summed E-state index contributed by atoms with van der Waals surface area (Å²) in [6.07, 6.45) is 5.60. The maximum Gasteiger partial charge on any atom is 0.251 e. The van der Waals surface area contributed by atoms with Crippen LogP contribution in [0.4, 0.5) is 5.69 Å². The number of rotatable bonds is 12. The molecule has 2 bridgehead atoms. The predicted octanol–water partition coefficient (Wildman–Crippen LogP) is 5.46. The fraction of sp³-hybridized carbons (Fsp3) is 0.472. The zero-order valence-corrected chi connectivity index (χ0v) is 27.2. The number of thioether (sulfide) groups is 1. The Hall–Kier alpha value is -3.36. The van der Waals surface area contributed by atoms with E-state index in [0.717, 1.165) is 35.2 Å². The molecule has 44 heavy (non-hydrogen) atoms. The molecule has 2 aromatic carbocycles. The van der Waals surface area contributed by atoms with Crippen molar-refractivity contribution >= 4 is 35.2 Å². The van der Waals surface area contributed by atoms with Gasteiger partial charge in [-0.1, -0.05) is 67.6 Å². The van der Waals surface area contributed by atoms with Gasteiger partial charge in [0.2, 0.25) is 11.8 Å². The second-order valence-electron chi connectivity index (χ2n) is 12.6. The lowest BCUT2D eigenvalue weighted by Gasteiger charge is -2.40. The molecule has 0 aromatic heterocycles. The number of carbonyl (C=O) groups is 3. The summed E-state index contributed by atoms with van der Waals surface area (Å²) in [6.45, 7) is 16.8. The molecule has 8 heteroatoms. The number of amides is 3. The number of nitrogens with zero attached hydrogens (tertiary/aromatic N) is 3. The monoisotopic (exact) mass is 615 g/mol. The van der Waals surface area contributed by atoms with Crippen LogP contribution in [0, 0.1) is 25.7 Å². The average molecular weight is 616 g/mol. The summed E-state index contributed by atoms with van der Waals surface area (Å²) in [5, 5.41) is 10.9. The summed E-state index contributed by atoms with van der Waals surface area (Å²) in [5.41, 5.74) is 3.47. The van der Waals surface area contributed by atoms with E-state index in [4.69, 9.17) is 0 Å². The molecule has 3 aliphatic rings. The Morgan fingerprint density at radius 3 is 2.30 bits per heavy atom. The first-order valence-electron chi connectivity index (χ1n) is 15.7. The van der Waals surface area contributed by atoms with Crippen molar-refractivity contribution in [3.05, 3.63) is 90.5 Å². The molecule has 1 N–H and O–H groups in total. The van der Waals surface area contributed by atoms with Gasteiger partial charge >= 0.3 is 0 Å². The van der Waals surface area contributed by atoms with Gasteiger partial charge < -0.3 is 19.8 Å². The normalized spacial score (nSPS) is 27.6. The van der Waals surface area contributed by atoms with Gasteiger partial charge in [0.1, 0.15) is 6.04 Å². The zero-order valence-electron chi connectivity index (χ0n) is 26.4. The van der Waals surface area contributed by atoms with Crippen molar-refractivity contribution < 1.29 is 19.5 Å². The quantitative estimate of drug-likeness (QED) is 0.321. The molecular weight excluding hydrogens is 570 g/mol. The van der Waals surface area contributed by atoms with E-state index in [-0.39, 0.29) is 30.9 Å². The highest BCUT2D eigenvalue weighted by molar-refractivity contribution is 8.02. The second kappa shape index (κ2) is 12.6. The first-order chi connectivity index (χ1) is 21.1. The Labute approximate surface area is 266 Å². The van der Waals surface area contributed by atoms with Crippen LogP contribution in [0.3, 0.4) is 0 Å². The van der Waals surface area contributed by atoms with Crippen molar-refractivity contribution in [2.45, 2.75) is 68.5 Å². The van der Waals surface area contributed by atoms with Crippen molar-refractivity contribution in [3.63, 3.8) is 0 Å². The minimum atomic E-state index is -0.875. The summed E-state index contributed by atoms with van der Waals surface area (Å²) in [6, 6.07) is 13.7. The third kappa shape index (κ3) is 5.00. The van der Waals surface area contributed by atoms with E-state index in [9.17, 15) is 14.7 Å². The van der Waals surface area contributed by atoms with Crippen LogP contribution >= 0.6 is 11.8 Å². The van der Waals surface area contributed by atoms with Crippen LogP contribution in [0.2, 0.25) is 0 Å². The molecule has 5 rings (SSSR count). The van der Waals surface area contributed by atoms with Crippen LogP contribution in [-0.4, -0.2) is 74.4 Å². The Kier molecular flexibility index (Phi) is 9.15. The number of hydrogen-bond acceptors (Lipinski definition) is 5. The highest BCUT2D eigenvalue weighted by Gasteiger charge is 2.78. The van der Waals surface area contributed by atoms with Gasteiger partial charge in [-0.05, 0) is 56.7 Å². The SMILES string of the molecule is C=CCN(CCC)C(=O)[C@@H]1[C@H]2C(=O)N([C@H](CO)c3ccccc3)C(C(=O)N(CC=C)c3c(C)cccc3C)C23CC[C@@]1(C)S3. The van der Waals surface area contributed by atoms with Gasteiger partial charge in [-0.3, -0.25) is 14.4 Å². The van der Waals surface area contributed by atoms with Crippen LogP contribution in [0.5, 0.6) is 0 Å². The van der Waals surface area contributed by atoms with Gasteiger partial charge in [0.25, 0.3) is 5.91 Å².